The summed E-state index contributed by atoms with van der Waals surface area (Å²) in [7, 11) is 0. The number of carbonyl (C=O) groups is 1. The van der Waals surface area contributed by atoms with Crippen molar-refractivity contribution in [3.63, 3.8) is 0 Å². The van der Waals surface area contributed by atoms with Crippen molar-refractivity contribution < 1.29 is 4.79 Å². The molecule has 0 unspecified atom stereocenters. The Morgan fingerprint density at radius 3 is 2.58 bits per heavy atom. The Hall–Kier alpha value is -1.40. The molecule has 1 saturated heterocycles. The van der Waals surface area contributed by atoms with Crippen molar-refractivity contribution in [1.29, 1.82) is 0 Å². The summed E-state index contributed by atoms with van der Waals surface area (Å²) in [6, 6.07) is 1.59. The van der Waals surface area contributed by atoms with E-state index in [-0.39, 0.29) is 18.0 Å². The number of aromatic nitrogens is 2. The molecule has 1 aromatic heterocycles. The average molecular weight is 333 g/mol. The minimum Gasteiger partial charge on any atom is -0.352 e. The maximum atomic E-state index is 12.2. The zero-order valence-electron chi connectivity index (χ0n) is 15.2. The van der Waals surface area contributed by atoms with Gasteiger partial charge in [-0.1, -0.05) is 0 Å². The maximum Gasteiger partial charge on any atom is 0.234 e. The smallest absolute Gasteiger partial charge is 0.234 e. The maximum absolute atomic E-state index is 12.2. The Balaban J connectivity index is 1.36. The SMILES string of the molecule is Cc1cnn([C@H](C)[C@@H](C)NCC(=O)NC2CCN(C3CC3)CC2)c1. The second kappa shape index (κ2) is 7.66. The van der Waals surface area contributed by atoms with Gasteiger partial charge >= 0.3 is 0 Å². The van der Waals surface area contributed by atoms with Crippen LogP contribution in [0.2, 0.25) is 0 Å². The van der Waals surface area contributed by atoms with Crippen LogP contribution < -0.4 is 10.6 Å². The van der Waals surface area contributed by atoms with E-state index in [0.717, 1.165) is 37.5 Å². The first kappa shape index (κ1) is 17.4. The number of likely N-dealkylation sites (tertiary alicyclic amines) is 1. The van der Waals surface area contributed by atoms with E-state index in [2.05, 4.69) is 34.5 Å². The molecule has 0 spiro atoms. The quantitative estimate of drug-likeness (QED) is 0.793. The number of rotatable bonds is 7. The number of nitrogens with zero attached hydrogens (tertiary/aromatic N) is 3. The summed E-state index contributed by atoms with van der Waals surface area (Å²) in [5.41, 5.74) is 1.16. The molecule has 1 aliphatic heterocycles. The molecule has 2 aliphatic rings. The van der Waals surface area contributed by atoms with E-state index in [0.29, 0.717) is 12.6 Å². The van der Waals surface area contributed by atoms with E-state index in [1.54, 1.807) is 0 Å². The van der Waals surface area contributed by atoms with E-state index in [1.165, 1.54) is 12.8 Å². The van der Waals surface area contributed by atoms with Crippen LogP contribution in [-0.4, -0.2) is 58.3 Å². The zero-order chi connectivity index (χ0) is 17.1. The second-order valence-electron chi connectivity index (χ2n) is 7.52. The molecule has 1 saturated carbocycles. The first-order valence-corrected chi connectivity index (χ1v) is 9.30. The molecular formula is C18H31N5O. The Bertz CT molecular complexity index is 545. The van der Waals surface area contributed by atoms with Gasteiger partial charge in [-0.25, -0.2) is 0 Å². The van der Waals surface area contributed by atoms with Crippen molar-refractivity contribution in [2.75, 3.05) is 19.6 Å². The van der Waals surface area contributed by atoms with Crippen LogP contribution in [0.4, 0.5) is 0 Å². The van der Waals surface area contributed by atoms with Crippen LogP contribution in [0.5, 0.6) is 0 Å². The van der Waals surface area contributed by atoms with Gasteiger partial charge in [-0.3, -0.25) is 9.48 Å². The van der Waals surface area contributed by atoms with Gasteiger partial charge in [0.15, 0.2) is 0 Å². The van der Waals surface area contributed by atoms with Crippen LogP contribution in [0, 0.1) is 6.92 Å². The Labute approximate surface area is 145 Å². The molecule has 6 nitrogen and oxygen atoms in total. The van der Waals surface area contributed by atoms with Crippen molar-refractivity contribution in [3.05, 3.63) is 18.0 Å². The molecule has 0 bridgehead atoms. The molecule has 6 heteroatoms. The number of piperidine rings is 1. The third-order valence-electron chi connectivity index (χ3n) is 5.41. The van der Waals surface area contributed by atoms with Gasteiger partial charge in [-0.15, -0.1) is 0 Å². The van der Waals surface area contributed by atoms with E-state index >= 15 is 0 Å². The first-order valence-electron chi connectivity index (χ1n) is 9.30. The van der Waals surface area contributed by atoms with Gasteiger partial charge in [0, 0.05) is 37.4 Å². The number of nitrogens with one attached hydrogen (secondary N) is 2. The molecule has 3 rings (SSSR count). The van der Waals surface area contributed by atoms with Crippen molar-refractivity contribution in [1.82, 2.24) is 25.3 Å². The van der Waals surface area contributed by atoms with Crippen LogP contribution in [-0.2, 0) is 4.79 Å². The fraction of sp³-hybridized carbons (Fsp3) is 0.778. The first-order chi connectivity index (χ1) is 11.5. The molecule has 0 radical (unpaired) electrons. The monoisotopic (exact) mass is 333 g/mol. The van der Waals surface area contributed by atoms with E-state index < -0.39 is 0 Å². The fourth-order valence-corrected chi connectivity index (χ4v) is 3.44. The number of carbonyl (C=O) groups excluding carboxylic acids is 1. The predicted octanol–water partition coefficient (Wildman–Crippen LogP) is 1.47. The highest BCUT2D eigenvalue weighted by molar-refractivity contribution is 5.78. The fourth-order valence-electron chi connectivity index (χ4n) is 3.44. The van der Waals surface area contributed by atoms with Crippen molar-refractivity contribution in [2.45, 2.75) is 70.6 Å². The standard InChI is InChI=1S/C18H31N5O/c1-13-10-20-23(12-13)15(3)14(2)19-11-18(24)21-16-6-8-22(9-7-16)17-4-5-17/h10,12,14-17,19H,4-9,11H2,1-3H3,(H,21,24)/t14-,15-/m1/s1. The van der Waals surface area contributed by atoms with Gasteiger partial charge in [-0.05, 0) is 52.0 Å². The average Bonchev–Trinajstić information content (AvgIpc) is 3.34. The van der Waals surface area contributed by atoms with Gasteiger partial charge in [0.25, 0.3) is 0 Å². The highest BCUT2D eigenvalue weighted by Gasteiger charge is 2.32. The molecule has 2 atom stereocenters. The summed E-state index contributed by atoms with van der Waals surface area (Å²) in [5, 5.41) is 10.9. The van der Waals surface area contributed by atoms with Crippen molar-refractivity contribution in [3.8, 4) is 0 Å². The minimum absolute atomic E-state index is 0.107. The zero-order valence-corrected chi connectivity index (χ0v) is 15.2. The summed E-state index contributed by atoms with van der Waals surface area (Å²) < 4.78 is 1.96. The molecule has 1 aliphatic carbocycles. The van der Waals surface area contributed by atoms with Crippen LogP contribution in [0.1, 0.15) is 51.1 Å². The highest BCUT2D eigenvalue weighted by Crippen LogP contribution is 2.29. The van der Waals surface area contributed by atoms with Gasteiger partial charge < -0.3 is 15.5 Å². The van der Waals surface area contributed by atoms with Crippen molar-refractivity contribution >= 4 is 5.91 Å². The van der Waals surface area contributed by atoms with Crippen LogP contribution in [0.25, 0.3) is 0 Å². The van der Waals surface area contributed by atoms with Crippen molar-refractivity contribution in [2.24, 2.45) is 0 Å². The van der Waals surface area contributed by atoms with Gasteiger partial charge in [0.2, 0.25) is 5.91 Å². The summed E-state index contributed by atoms with van der Waals surface area (Å²) in [6.07, 6.45) is 8.81. The second-order valence-corrected chi connectivity index (χ2v) is 7.52. The van der Waals surface area contributed by atoms with Crippen LogP contribution >= 0.6 is 0 Å². The molecule has 24 heavy (non-hydrogen) atoms. The van der Waals surface area contributed by atoms with Crippen LogP contribution in [0.15, 0.2) is 12.4 Å². The van der Waals surface area contributed by atoms with Gasteiger partial charge in [0.05, 0.1) is 18.8 Å². The van der Waals surface area contributed by atoms with E-state index in [9.17, 15) is 4.79 Å². The lowest BCUT2D eigenvalue weighted by molar-refractivity contribution is -0.121. The van der Waals surface area contributed by atoms with E-state index in [1.807, 2.05) is 24.0 Å². The largest absolute Gasteiger partial charge is 0.352 e. The summed E-state index contributed by atoms with van der Waals surface area (Å²) >= 11 is 0. The number of aryl methyl sites for hydroxylation is 1. The summed E-state index contributed by atoms with van der Waals surface area (Å²) in [6.45, 7) is 8.90. The lowest BCUT2D eigenvalue weighted by Crippen LogP contribution is -2.48. The molecule has 2 fully saturated rings. The van der Waals surface area contributed by atoms with Crippen LogP contribution in [0.3, 0.4) is 0 Å². The lowest BCUT2D eigenvalue weighted by atomic mass is 10.0. The Kier molecular flexibility index (Phi) is 5.56. The predicted molar refractivity (Wildman–Crippen MR) is 94.9 cm³/mol. The Morgan fingerprint density at radius 2 is 2.00 bits per heavy atom. The van der Waals surface area contributed by atoms with E-state index in [4.69, 9.17) is 0 Å². The third-order valence-corrected chi connectivity index (χ3v) is 5.41. The highest BCUT2D eigenvalue weighted by atomic mass is 16.2. The summed E-state index contributed by atoms with van der Waals surface area (Å²) in [5.74, 6) is 0.107. The number of amides is 1. The van der Waals surface area contributed by atoms with Gasteiger partial charge in [-0.2, -0.15) is 5.10 Å². The molecule has 1 aromatic rings. The van der Waals surface area contributed by atoms with Gasteiger partial charge in [0.1, 0.15) is 0 Å². The normalized spacial score (nSPS) is 22.3. The summed E-state index contributed by atoms with van der Waals surface area (Å²) in [4.78, 5) is 14.8. The number of hydrogen-bond donors (Lipinski definition) is 2. The number of hydrogen-bond acceptors (Lipinski definition) is 4. The molecule has 134 valence electrons. The lowest BCUT2D eigenvalue weighted by Gasteiger charge is -2.32. The molecule has 2 N–H and O–H groups in total. The molecule has 0 aromatic carbocycles. The topological polar surface area (TPSA) is 62.2 Å². The molecule has 1 amide bonds. The molecular weight excluding hydrogens is 302 g/mol. The molecule has 2 heterocycles. The third kappa shape index (κ3) is 4.57. The minimum atomic E-state index is 0.107. The Morgan fingerprint density at radius 1 is 1.29 bits per heavy atom.